The summed E-state index contributed by atoms with van der Waals surface area (Å²) in [5.41, 5.74) is 5.63. The predicted octanol–water partition coefficient (Wildman–Crippen LogP) is 4.70. The van der Waals surface area contributed by atoms with E-state index in [1.165, 1.54) is 24.0 Å². The summed E-state index contributed by atoms with van der Waals surface area (Å²) >= 11 is 0. The first-order valence-electron chi connectivity index (χ1n) is 12.0. The molecule has 4 heterocycles. The molecule has 1 atom stereocenters. The third-order valence-electron chi connectivity index (χ3n) is 6.95. The zero-order valence-electron chi connectivity index (χ0n) is 19.5. The lowest BCUT2D eigenvalue weighted by molar-refractivity contribution is -0.119. The fourth-order valence-corrected chi connectivity index (χ4v) is 5.05. The first kappa shape index (κ1) is 21.7. The highest BCUT2D eigenvalue weighted by Crippen LogP contribution is 2.35. The summed E-state index contributed by atoms with van der Waals surface area (Å²) in [4.78, 5) is 31.7. The molecule has 170 valence electrons. The van der Waals surface area contributed by atoms with Crippen LogP contribution in [0.2, 0.25) is 0 Å². The summed E-state index contributed by atoms with van der Waals surface area (Å²) in [6, 6.07) is 14.6. The third kappa shape index (κ3) is 4.53. The van der Waals surface area contributed by atoms with Gasteiger partial charge in [0.1, 0.15) is 11.6 Å². The highest BCUT2D eigenvalue weighted by molar-refractivity contribution is 5.95. The molecule has 2 aliphatic heterocycles. The molecule has 1 saturated heterocycles. The molecule has 5 rings (SSSR count). The van der Waals surface area contributed by atoms with Gasteiger partial charge < -0.3 is 0 Å². The number of piperidine rings is 1. The average Bonchev–Trinajstić information content (AvgIpc) is 2.83. The molecule has 1 fully saturated rings. The molecule has 1 aromatic carbocycles. The maximum atomic E-state index is 12.9. The topological polar surface area (TPSA) is 62.2 Å². The summed E-state index contributed by atoms with van der Waals surface area (Å²) in [5, 5.41) is 0. The smallest absolute Gasteiger partial charge is 0.228 e. The Hall–Kier alpha value is -3.12. The van der Waals surface area contributed by atoms with Crippen molar-refractivity contribution in [3.63, 3.8) is 0 Å². The van der Waals surface area contributed by atoms with Crippen LogP contribution in [0.4, 0.5) is 5.82 Å². The molecule has 0 N–H and O–H groups in total. The molecule has 6 nitrogen and oxygen atoms in total. The number of pyridine rings is 1. The molecule has 0 bridgehead atoms. The number of likely N-dealkylation sites (tertiary alicyclic amines) is 1. The van der Waals surface area contributed by atoms with Crippen LogP contribution in [-0.4, -0.2) is 32.3 Å². The molecule has 0 saturated carbocycles. The summed E-state index contributed by atoms with van der Waals surface area (Å²) in [6.07, 6.45) is 6.37. The van der Waals surface area contributed by atoms with Gasteiger partial charge in [0.2, 0.25) is 5.91 Å². The van der Waals surface area contributed by atoms with Crippen molar-refractivity contribution in [2.24, 2.45) is 0 Å². The quantitative estimate of drug-likeness (QED) is 0.575. The largest absolute Gasteiger partial charge is 0.290 e. The first-order valence-corrected chi connectivity index (χ1v) is 12.0. The Morgan fingerprint density at radius 2 is 1.82 bits per heavy atom. The molecule has 1 amide bonds. The van der Waals surface area contributed by atoms with E-state index >= 15 is 0 Å². The van der Waals surface area contributed by atoms with Crippen LogP contribution in [0.3, 0.4) is 0 Å². The van der Waals surface area contributed by atoms with Crippen LogP contribution >= 0.6 is 0 Å². The number of anilines is 1. The lowest BCUT2D eigenvalue weighted by atomic mass is 9.98. The van der Waals surface area contributed by atoms with Crippen LogP contribution in [0.5, 0.6) is 0 Å². The zero-order chi connectivity index (χ0) is 22.8. The molecule has 0 spiro atoms. The predicted molar refractivity (Wildman–Crippen MR) is 129 cm³/mol. The second-order valence-corrected chi connectivity index (χ2v) is 9.18. The van der Waals surface area contributed by atoms with Crippen LogP contribution in [0.15, 0.2) is 48.7 Å². The van der Waals surface area contributed by atoms with E-state index in [-0.39, 0.29) is 11.9 Å². The van der Waals surface area contributed by atoms with Gasteiger partial charge in [-0.1, -0.05) is 36.8 Å². The Morgan fingerprint density at radius 1 is 0.970 bits per heavy atom. The molecule has 0 radical (unpaired) electrons. The fraction of sp³-hybridized carbons (Fsp3) is 0.407. The summed E-state index contributed by atoms with van der Waals surface area (Å²) in [6.45, 7) is 6.62. The van der Waals surface area contributed by atoms with Crippen molar-refractivity contribution in [2.45, 2.75) is 65.1 Å². The maximum absolute atomic E-state index is 12.9. The number of fused-ring (bicyclic) bond motifs is 1. The Balaban J connectivity index is 1.49. The SMILES string of the molecule is Cc1ccccc1CN1CCCC[C@H]1c1nc(C)c2c(n1)N(Cc1ccccn1)C(=O)CC2. The maximum Gasteiger partial charge on any atom is 0.228 e. The number of amides is 1. The molecule has 0 unspecified atom stereocenters. The van der Waals surface area contributed by atoms with Crippen molar-refractivity contribution in [3.8, 4) is 0 Å². The van der Waals surface area contributed by atoms with E-state index in [1.807, 2.05) is 23.1 Å². The molecule has 6 heteroatoms. The minimum atomic E-state index is 0.109. The van der Waals surface area contributed by atoms with Crippen molar-refractivity contribution in [2.75, 3.05) is 11.4 Å². The van der Waals surface area contributed by atoms with Crippen molar-refractivity contribution in [1.82, 2.24) is 19.9 Å². The number of rotatable bonds is 5. The number of carbonyl (C=O) groups excluding carboxylic acids is 1. The zero-order valence-corrected chi connectivity index (χ0v) is 19.5. The molecule has 2 aliphatic rings. The lowest BCUT2D eigenvalue weighted by Gasteiger charge is -2.36. The number of aryl methyl sites for hydroxylation is 2. The van der Waals surface area contributed by atoms with E-state index in [0.717, 1.165) is 48.1 Å². The number of nitrogens with zero attached hydrogens (tertiary/aromatic N) is 5. The van der Waals surface area contributed by atoms with Gasteiger partial charge in [-0.3, -0.25) is 19.6 Å². The third-order valence-corrected chi connectivity index (χ3v) is 6.95. The highest BCUT2D eigenvalue weighted by Gasteiger charge is 2.32. The monoisotopic (exact) mass is 441 g/mol. The summed E-state index contributed by atoms with van der Waals surface area (Å²) in [5.74, 6) is 1.73. The molecular formula is C27H31N5O. The Kier molecular flexibility index (Phi) is 6.18. The lowest BCUT2D eigenvalue weighted by Crippen LogP contribution is -2.38. The number of benzene rings is 1. The van der Waals surface area contributed by atoms with Gasteiger partial charge in [-0.05, 0) is 62.9 Å². The van der Waals surface area contributed by atoms with E-state index in [1.54, 1.807) is 6.20 Å². The first-order chi connectivity index (χ1) is 16.1. The molecular weight excluding hydrogens is 410 g/mol. The van der Waals surface area contributed by atoms with E-state index in [4.69, 9.17) is 9.97 Å². The van der Waals surface area contributed by atoms with Gasteiger partial charge in [-0.15, -0.1) is 0 Å². The van der Waals surface area contributed by atoms with Gasteiger partial charge in [-0.2, -0.15) is 0 Å². The van der Waals surface area contributed by atoms with E-state index < -0.39 is 0 Å². The second-order valence-electron chi connectivity index (χ2n) is 9.18. The summed E-state index contributed by atoms with van der Waals surface area (Å²) in [7, 11) is 0. The molecule has 33 heavy (non-hydrogen) atoms. The average molecular weight is 442 g/mol. The van der Waals surface area contributed by atoms with Gasteiger partial charge in [0.25, 0.3) is 0 Å². The van der Waals surface area contributed by atoms with Gasteiger partial charge >= 0.3 is 0 Å². The standard InChI is InChI=1S/C27H31N5O/c1-19-9-3-4-10-21(19)17-31-16-8-6-12-24(31)26-29-20(2)23-13-14-25(33)32(27(23)30-26)18-22-11-5-7-15-28-22/h3-5,7,9-11,15,24H,6,8,12-14,16-18H2,1-2H3/t24-/m0/s1. The Morgan fingerprint density at radius 3 is 2.64 bits per heavy atom. The van der Waals surface area contributed by atoms with E-state index in [2.05, 4.69) is 48.0 Å². The van der Waals surface area contributed by atoms with Crippen LogP contribution in [-0.2, 0) is 24.3 Å². The minimum absolute atomic E-state index is 0.109. The van der Waals surface area contributed by atoms with Crippen LogP contribution in [0.25, 0.3) is 0 Å². The van der Waals surface area contributed by atoms with E-state index in [0.29, 0.717) is 19.4 Å². The van der Waals surface area contributed by atoms with E-state index in [9.17, 15) is 4.79 Å². The van der Waals surface area contributed by atoms with Crippen LogP contribution in [0, 0.1) is 13.8 Å². The normalized spacial score (nSPS) is 18.9. The molecule has 2 aromatic heterocycles. The van der Waals surface area contributed by atoms with Crippen molar-refractivity contribution in [3.05, 3.63) is 82.6 Å². The number of carbonyl (C=O) groups is 1. The second kappa shape index (κ2) is 9.40. The van der Waals surface area contributed by atoms with Gasteiger partial charge in [0.15, 0.2) is 0 Å². The van der Waals surface area contributed by atoms with Crippen molar-refractivity contribution in [1.29, 1.82) is 0 Å². The van der Waals surface area contributed by atoms with Crippen molar-refractivity contribution >= 4 is 11.7 Å². The summed E-state index contributed by atoms with van der Waals surface area (Å²) < 4.78 is 0. The van der Waals surface area contributed by atoms with Gasteiger partial charge in [0.05, 0.1) is 18.3 Å². The van der Waals surface area contributed by atoms with Crippen LogP contribution < -0.4 is 4.90 Å². The molecule has 0 aliphatic carbocycles. The van der Waals surface area contributed by atoms with Gasteiger partial charge in [-0.25, -0.2) is 9.97 Å². The fourth-order valence-electron chi connectivity index (χ4n) is 5.05. The number of hydrogen-bond acceptors (Lipinski definition) is 5. The van der Waals surface area contributed by atoms with Crippen molar-refractivity contribution < 1.29 is 4.79 Å². The minimum Gasteiger partial charge on any atom is -0.290 e. The molecule has 3 aromatic rings. The highest BCUT2D eigenvalue weighted by atomic mass is 16.2. The van der Waals surface area contributed by atoms with Gasteiger partial charge in [0, 0.05) is 30.4 Å². The van der Waals surface area contributed by atoms with Crippen LogP contribution in [0.1, 0.15) is 65.6 Å². The Labute approximate surface area is 195 Å². The number of hydrogen-bond donors (Lipinski definition) is 0. The Bertz CT molecular complexity index is 1150. The number of aromatic nitrogens is 3.